The van der Waals surface area contributed by atoms with E-state index in [1.807, 2.05) is 30.1 Å². The maximum Gasteiger partial charge on any atom is 0.346 e. The van der Waals surface area contributed by atoms with E-state index in [1.165, 1.54) is 14.2 Å². The van der Waals surface area contributed by atoms with E-state index in [1.54, 1.807) is 24.3 Å². The second kappa shape index (κ2) is 7.99. The summed E-state index contributed by atoms with van der Waals surface area (Å²) in [5.74, 6) is -0.317. The van der Waals surface area contributed by atoms with Gasteiger partial charge in [-0.15, -0.1) is 0 Å². The van der Waals surface area contributed by atoms with Crippen molar-refractivity contribution in [3.05, 3.63) is 65.4 Å². The molecule has 0 unspecified atom stereocenters. The Morgan fingerprint density at radius 1 is 1.00 bits per heavy atom. The van der Waals surface area contributed by atoms with E-state index in [0.717, 1.165) is 16.9 Å². The number of rotatable bonds is 6. The first-order chi connectivity index (χ1) is 13.8. The number of allylic oxidation sites excluding steroid dienone is 1. The molecule has 0 saturated heterocycles. The number of anilines is 1. The third kappa shape index (κ3) is 3.70. The average molecular weight is 395 g/mol. The summed E-state index contributed by atoms with van der Waals surface area (Å²) in [6.07, 6.45) is 1.55. The van der Waals surface area contributed by atoms with Gasteiger partial charge in [-0.3, -0.25) is 4.79 Å². The Kier molecular flexibility index (Phi) is 5.64. The van der Waals surface area contributed by atoms with Crippen molar-refractivity contribution in [2.45, 2.75) is 19.3 Å². The number of hydrogen-bond acceptors (Lipinski definition) is 6. The first-order valence-electron chi connectivity index (χ1n) is 9.27. The van der Waals surface area contributed by atoms with Gasteiger partial charge in [0.25, 0.3) is 0 Å². The van der Waals surface area contributed by atoms with Crippen LogP contribution in [0.1, 0.15) is 29.8 Å². The molecule has 1 aliphatic rings. The highest BCUT2D eigenvalue weighted by Crippen LogP contribution is 2.46. The van der Waals surface area contributed by atoms with E-state index in [-0.39, 0.29) is 23.4 Å². The number of methoxy groups -OCH3 is 2. The molecule has 152 valence electrons. The number of esters is 1. The molecule has 0 aromatic heterocycles. The lowest BCUT2D eigenvalue weighted by Crippen LogP contribution is -2.25. The van der Waals surface area contributed by atoms with Gasteiger partial charge >= 0.3 is 5.97 Å². The summed E-state index contributed by atoms with van der Waals surface area (Å²) < 4.78 is 15.7. The molecule has 2 aromatic carbocycles. The van der Waals surface area contributed by atoms with E-state index in [2.05, 4.69) is 19.9 Å². The topological polar surface area (TPSA) is 65.1 Å². The maximum atomic E-state index is 12.6. The number of fused-ring (bicyclic) bond motifs is 1. The predicted octanol–water partition coefficient (Wildman–Crippen LogP) is 3.74. The zero-order valence-electron chi connectivity index (χ0n) is 17.3. The molecule has 1 heterocycles. The van der Waals surface area contributed by atoms with Crippen molar-refractivity contribution in [1.29, 1.82) is 0 Å². The normalized spacial score (nSPS) is 15.8. The van der Waals surface area contributed by atoms with Crippen LogP contribution < -0.4 is 14.4 Å². The van der Waals surface area contributed by atoms with Crippen molar-refractivity contribution in [2.75, 3.05) is 32.8 Å². The highest BCUT2D eigenvalue weighted by molar-refractivity contribution is 5.99. The minimum atomic E-state index is -0.673. The second-order valence-corrected chi connectivity index (χ2v) is 7.31. The van der Waals surface area contributed by atoms with Crippen LogP contribution in [-0.4, -0.2) is 39.6 Å². The molecule has 6 nitrogen and oxygen atoms in total. The quantitative estimate of drug-likeness (QED) is 0.548. The van der Waals surface area contributed by atoms with Gasteiger partial charge in [0, 0.05) is 29.9 Å². The highest BCUT2D eigenvalue weighted by atomic mass is 16.5. The molecule has 1 aliphatic heterocycles. The van der Waals surface area contributed by atoms with E-state index in [4.69, 9.17) is 14.2 Å². The summed E-state index contributed by atoms with van der Waals surface area (Å²) in [7, 11) is 4.84. The molecule has 0 fully saturated rings. The molecule has 0 amide bonds. The van der Waals surface area contributed by atoms with Crippen molar-refractivity contribution < 1.29 is 23.8 Å². The molecule has 6 heteroatoms. The van der Waals surface area contributed by atoms with Crippen LogP contribution in [0.25, 0.3) is 0 Å². The third-order valence-electron chi connectivity index (χ3n) is 5.22. The molecule has 2 aromatic rings. The fraction of sp³-hybridized carbons (Fsp3) is 0.304. The summed E-state index contributed by atoms with van der Waals surface area (Å²) in [4.78, 5) is 27.1. The summed E-state index contributed by atoms with van der Waals surface area (Å²) >= 11 is 0. The highest BCUT2D eigenvalue weighted by Gasteiger charge is 2.38. The average Bonchev–Trinajstić information content (AvgIpc) is 2.92. The smallest absolute Gasteiger partial charge is 0.346 e. The first kappa shape index (κ1) is 20.5. The predicted molar refractivity (Wildman–Crippen MR) is 111 cm³/mol. The Morgan fingerprint density at radius 3 is 2.21 bits per heavy atom. The monoisotopic (exact) mass is 395 g/mol. The molecular weight excluding hydrogens is 370 g/mol. The fourth-order valence-electron chi connectivity index (χ4n) is 3.71. The molecular formula is C23H25NO5. The fourth-order valence-corrected chi connectivity index (χ4v) is 3.71. The summed E-state index contributed by atoms with van der Waals surface area (Å²) in [6.45, 7) is 3.77. The van der Waals surface area contributed by atoms with Gasteiger partial charge in [0.05, 0.1) is 14.2 Å². The molecule has 3 rings (SSSR count). The molecule has 0 spiro atoms. The molecule has 0 radical (unpaired) electrons. The lowest BCUT2D eigenvalue weighted by Gasteiger charge is -2.23. The van der Waals surface area contributed by atoms with Gasteiger partial charge < -0.3 is 19.1 Å². The largest absolute Gasteiger partial charge is 0.496 e. The van der Waals surface area contributed by atoms with Crippen molar-refractivity contribution in [3.63, 3.8) is 0 Å². The van der Waals surface area contributed by atoms with Gasteiger partial charge in [0.2, 0.25) is 0 Å². The number of benzene rings is 2. The van der Waals surface area contributed by atoms with Gasteiger partial charge in [-0.1, -0.05) is 38.1 Å². The first-order valence-corrected chi connectivity index (χ1v) is 9.27. The number of hydrogen-bond donors (Lipinski definition) is 0. The third-order valence-corrected chi connectivity index (χ3v) is 5.22. The molecule has 0 bridgehead atoms. The van der Waals surface area contributed by atoms with Crippen LogP contribution in [0.3, 0.4) is 0 Å². The Hall–Kier alpha value is -3.28. The Bertz CT molecular complexity index is 955. The number of ether oxygens (including phenoxy) is 3. The van der Waals surface area contributed by atoms with Crippen LogP contribution in [0.4, 0.5) is 5.69 Å². The number of nitrogens with zero attached hydrogens (tertiary/aromatic N) is 1. The lowest BCUT2D eigenvalue weighted by molar-refractivity contribution is -0.117. The van der Waals surface area contributed by atoms with E-state index in [0.29, 0.717) is 11.5 Å². The van der Waals surface area contributed by atoms with Gasteiger partial charge in [-0.05, 0) is 23.8 Å². The van der Waals surface area contributed by atoms with Crippen LogP contribution >= 0.6 is 0 Å². The van der Waals surface area contributed by atoms with E-state index < -0.39 is 5.97 Å². The molecule has 29 heavy (non-hydrogen) atoms. The minimum Gasteiger partial charge on any atom is -0.496 e. The number of carbonyl (C=O) groups is 2. The van der Waals surface area contributed by atoms with Crippen LogP contribution in [0.15, 0.2) is 54.2 Å². The molecule has 0 atom stereocenters. The zero-order chi connectivity index (χ0) is 21.2. The van der Waals surface area contributed by atoms with Crippen molar-refractivity contribution in [1.82, 2.24) is 0 Å². The SMILES string of the molecule is COc1cccc(OC)c1C(=O)OCC(=O)/C=C1\N(C)c2ccccc2C1(C)C. The second-order valence-electron chi connectivity index (χ2n) is 7.31. The Labute approximate surface area is 170 Å². The van der Waals surface area contributed by atoms with Gasteiger partial charge in [0.15, 0.2) is 12.4 Å². The van der Waals surface area contributed by atoms with Crippen LogP contribution in [0.2, 0.25) is 0 Å². The molecule has 0 saturated carbocycles. The van der Waals surface area contributed by atoms with Gasteiger partial charge in [-0.2, -0.15) is 0 Å². The molecule has 0 aliphatic carbocycles. The maximum absolute atomic E-state index is 12.6. The minimum absolute atomic E-state index is 0.156. The van der Waals surface area contributed by atoms with E-state index in [9.17, 15) is 9.59 Å². The van der Waals surface area contributed by atoms with Crippen LogP contribution in [0.5, 0.6) is 11.5 Å². The van der Waals surface area contributed by atoms with Gasteiger partial charge in [0.1, 0.15) is 17.1 Å². The summed E-state index contributed by atoms with van der Waals surface area (Å²) in [5.41, 5.74) is 2.90. The van der Waals surface area contributed by atoms with Crippen LogP contribution in [-0.2, 0) is 14.9 Å². The number of para-hydroxylation sites is 1. The van der Waals surface area contributed by atoms with Crippen molar-refractivity contribution in [2.24, 2.45) is 0 Å². The number of ketones is 1. The number of likely N-dealkylation sites (N-methyl/N-ethyl adjacent to an activating group) is 1. The number of carbonyl (C=O) groups excluding carboxylic acids is 2. The molecule has 0 N–H and O–H groups in total. The zero-order valence-corrected chi connectivity index (χ0v) is 17.3. The Balaban J connectivity index is 1.77. The Morgan fingerprint density at radius 2 is 1.62 bits per heavy atom. The van der Waals surface area contributed by atoms with Crippen LogP contribution in [0, 0.1) is 0 Å². The standard InChI is InChI=1S/C23H25NO5/c1-23(2)16-9-6-7-10-17(16)24(3)20(23)13-15(25)14-29-22(26)21-18(27-4)11-8-12-19(21)28-5/h6-13H,14H2,1-5H3/b20-13-. The summed E-state index contributed by atoms with van der Waals surface area (Å²) in [5, 5.41) is 0. The van der Waals surface area contributed by atoms with Crippen molar-refractivity contribution in [3.8, 4) is 11.5 Å². The van der Waals surface area contributed by atoms with E-state index >= 15 is 0 Å². The van der Waals surface area contributed by atoms with Gasteiger partial charge in [-0.25, -0.2) is 4.79 Å². The lowest BCUT2D eigenvalue weighted by atomic mass is 9.83. The van der Waals surface area contributed by atoms with Crippen molar-refractivity contribution >= 4 is 17.4 Å². The summed E-state index contributed by atoms with van der Waals surface area (Å²) in [6, 6.07) is 13.0.